The van der Waals surface area contributed by atoms with Gasteiger partial charge in [-0.05, 0) is 37.6 Å². The lowest BCUT2D eigenvalue weighted by Gasteiger charge is -2.35. The van der Waals surface area contributed by atoms with Gasteiger partial charge in [-0.3, -0.25) is 9.88 Å². The van der Waals surface area contributed by atoms with Crippen LogP contribution in [0.4, 0.5) is 19.0 Å². The maximum atomic E-state index is 13.0. The van der Waals surface area contributed by atoms with Gasteiger partial charge in [0, 0.05) is 25.3 Å². The second kappa shape index (κ2) is 9.25. The van der Waals surface area contributed by atoms with E-state index in [1.54, 1.807) is 29.2 Å². The van der Waals surface area contributed by atoms with Crippen LogP contribution in [0.15, 0.2) is 42.7 Å². The third-order valence-electron chi connectivity index (χ3n) is 5.43. The smallest absolute Gasteiger partial charge is 0.379 e. The number of benzene rings is 1. The summed E-state index contributed by atoms with van der Waals surface area (Å²) in [6.45, 7) is 6.89. The van der Waals surface area contributed by atoms with Gasteiger partial charge in [-0.2, -0.15) is 18.3 Å². The predicted molar refractivity (Wildman–Crippen MR) is 114 cm³/mol. The molecule has 0 radical (unpaired) electrons. The summed E-state index contributed by atoms with van der Waals surface area (Å²) >= 11 is 0. The third-order valence-corrected chi connectivity index (χ3v) is 5.43. The summed E-state index contributed by atoms with van der Waals surface area (Å²) in [7, 11) is 0. The van der Waals surface area contributed by atoms with E-state index in [-0.39, 0.29) is 6.04 Å². The summed E-state index contributed by atoms with van der Waals surface area (Å²) in [5, 5.41) is 7.74. The summed E-state index contributed by atoms with van der Waals surface area (Å²) in [5.41, 5.74) is 1.98. The lowest BCUT2D eigenvalue weighted by molar-refractivity contribution is -0.137. The minimum atomic E-state index is -4.36. The highest BCUT2D eigenvalue weighted by Crippen LogP contribution is 2.31. The molecule has 0 amide bonds. The molecule has 1 fully saturated rings. The Morgan fingerprint density at radius 2 is 1.81 bits per heavy atom. The predicted octanol–water partition coefficient (Wildman–Crippen LogP) is 3.78. The monoisotopic (exact) mass is 446 g/mol. The van der Waals surface area contributed by atoms with Crippen LogP contribution in [0.25, 0.3) is 5.82 Å². The number of hydrogen-bond acceptors (Lipinski definition) is 6. The van der Waals surface area contributed by atoms with Gasteiger partial charge in [0.25, 0.3) is 0 Å². The summed E-state index contributed by atoms with van der Waals surface area (Å²) in [5.74, 6) is 1.17. The number of aromatic nitrogens is 4. The summed E-state index contributed by atoms with van der Waals surface area (Å²) in [6, 6.07) is 7.17. The number of nitrogens with one attached hydrogen (secondary N) is 1. The third kappa shape index (κ3) is 5.08. The maximum absolute atomic E-state index is 13.0. The van der Waals surface area contributed by atoms with E-state index in [4.69, 9.17) is 4.74 Å². The summed E-state index contributed by atoms with van der Waals surface area (Å²) in [6.07, 6.45) is -1.09. The van der Waals surface area contributed by atoms with Crippen molar-refractivity contribution in [2.24, 2.45) is 0 Å². The lowest BCUT2D eigenvalue weighted by Crippen LogP contribution is -2.41. The molecule has 1 aliphatic heterocycles. The number of aryl methyl sites for hydroxylation is 2. The van der Waals surface area contributed by atoms with Crippen molar-refractivity contribution in [3.05, 3.63) is 65.2 Å². The molecule has 1 atom stereocenters. The fourth-order valence-corrected chi connectivity index (χ4v) is 3.85. The van der Waals surface area contributed by atoms with Crippen LogP contribution in [0.3, 0.4) is 0 Å². The number of nitrogens with zero attached hydrogens (tertiary/aromatic N) is 5. The fourth-order valence-electron chi connectivity index (χ4n) is 3.85. The molecule has 2 aromatic heterocycles. The molecule has 1 saturated heterocycles. The highest BCUT2D eigenvalue weighted by Gasteiger charge is 2.31. The van der Waals surface area contributed by atoms with Crippen molar-refractivity contribution in [3.63, 3.8) is 0 Å². The van der Waals surface area contributed by atoms with Crippen LogP contribution in [-0.2, 0) is 10.9 Å². The van der Waals surface area contributed by atoms with E-state index in [1.807, 2.05) is 19.9 Å². The second-order valence-electron chi connectivity index (χ2n) is 7.77. The van der Waals surface area contributed by atoms with E-state index < -0.39 is 11.7 Å². The molecule has 0 bridgehead atoms. The Labute approximate surface area is 184 Å². The van der Waals surface area contributed by atoms with Crippen LogP contribution < -0.4 is 5.32 Å². The van der Waals surface area contributed by atoms with Crippen molar-refractivity contribution in [2.45, 2.75) is 26.1 Å². The van der Waals surface area contributed by atoms with Gasteiger partial charge in [0.1, 0.15) is 5.82 Å². The van der Waals surface area contributed by atoms with Gasteiger partial charge in [-0.15, -0.1) is 0 Å². The molecule has 3 heterocycles. The molecule has 10 heteroatoms. The first-order valence-electron chi connectivity index (χ1n) is 10.4. The van der Waals surface area contributed by atoms with Gasteiger partial charge in [-0.25, -0.2) is 9.67 Å². The first-order valence-corrected chi connectivity index (χ1v) is 10.4. The highest BCUT2D eigenvalue weighted by molar-refractivity contribution is 5.38. The van der Waals surface area contributed by atoms with Crippen molar-refractivity contribution in [2.75, 3.05) is 38.2 Å². The van der Waals surface area contributed by atoms with Gasteiger partial charge in [0.15, 0.2) is 5.82 Å². The van der Waals surface area contributed by atoms with E-state index >= 15 is 0 Å². The van der Waals surface area contributed by atoms with Gasteiger partial charge in [0.05, 0.1) is 42.9 Å². The van der Waals surface area contributed by atoms with Crippen LogP contribution >= 0.6 is 0 Å². The number of ether oxygens (including phenoxy) is 1. The molecule has 32 heavy (non-hydrogen) atoms. The SMILES string of the molecule is Cc1cc(C)n(-c2cncc(NCC(c3ccc(C(F)(F)F)cc3)N3CCOCC3)n2)n1. The lowest BCUT2D eigenvalue weighted by atomic mass is 10.0. The molecular formula is C22H25F3N6O. The number of rotatable bonds is 6. The molecule has 1 unspecified atom stereocenters. The number of hydrogen-bond donors (Lipinski definition) is 1. The van der Waals surface area contributed by atoms with Gasteiger partial charge in [-0.1, -0.05) is 12.1 Å². The largest absolute Gasteiger partial charge is 0.416 e. The quantitative estimate of drug-likeness (QED) is 0.622. The molecule has 4 rings (SSSR count). The zero-order chi connectivity index (χ0) is 22.7. The van der Waals surface area contributed by atoms with Crippen LogP contribution in [-0.4, -0.2) is 57.5 Å². The van der Waals surface area contributed by atoms with Crippen molar-refractivity contribution in [1.29, 1.82) is 0 Å². The van der Waals surface area contributed by atoms with E-state index in [2.05, 4.69) is 25.3 Å². The zero-order valence-electron chi connectivity index (χ0n) is 17.9. The number of morpholine rings is 1. The van der Waals surface area contributed by atoms with Crippen LogP contribution in [0.1, 0.15) is 28.6 Å². The van der Waals surface area contributed by atoms with Crippen LogP contribution in [0.5, 0.6) is 0 Å². The minimum Gasteiger partial charge on any atom is -0.379 e. The fraction of sp³-hybridized carbons (Fsp3) is 0.409. The molecule has 170 valence electrons. The Morgan fingerprint density at radius 1 is 1.09 bits per heavy atom. The molecular weight excluding hydrogens is 421 g/mol. The van der Waals surface area contributed by atoms with E-state index in [1.165, 1.54) is 0 Å². The summed E-state index contributed by atoms with van der Waals surface area (Å²) in [4.78, 5) is 11.1. The molecule has 0 spiro atoms. The van der Waals surface area contributed by atoms with Crippen LogP contribution in [0, 0.1) is 13.8 Å². The molecule has 3 aromatic rings. The Morgan fingerprint density at radius 3 is 2.44 bits per heavy atom. The molecule has 1 aromatic carbocycles. The van der Waals surface area contributed by atoms with Gasteiger partial charge in [0.2, 0.25) is 0 Å². The van der Waals surface area contributed by atoms with Crippen LogP contribution in [0.2, 0.25) is 0 Å². The van der Waals surface area contributed by atoms with Crippen molar-refractivity contribution in [1.82, 2.24) is 24.6 Å². The summed E-state index contributed by atoms with van der Waals surface area (Å²) < 4.78 is 46.1. The normalized spacial score (nSPS) is 16.2. The van der Waals surface area contributed by atoms with Crippen molar-refractivity contribution >= 4 is 5.82 Å². The number of halogens is 3. The molecule has 1 aliphatic rings. The van der Waals surface area contributed by atoms with E-state index in [0.29, 0.717) is 44.5 Å². The molecule has 7 nitrogen and oxygen atoms in total. The molecule has 1 N–H and O–H groups in total. The molecule has 0 aliphatic carbocycles. The zero-order valence-corrected chi connectivity index (χ0v) is 17.9. The number of anilines is 1. The first-order chi connectivity index (χ1) is 15.3. The average Bonchev–Trinajstić information content (AvgIpc) is 3.12. The minimum absolute atomic E-state index is 0.139. The number of alkyl halides is 3. The Balaban J connectivity index is 1.54. The standard InChI is InChI=1S/C22H25F3N6O/c1-15-11-16(2)31(29-15)21-14-26-13-20(28-21)27-12-19(30-7-9-32-10-8-30)17-3-5-18(6-4-17)22(23,24)25/h3-6,11,13-14,19H,7-10,12H2,1-2H3,(H,27,28). The second-order valence-corrected chi connectivity index (χ2v) is 7.77. The van der Waals surface area contributed by atoms with Gasteiger partial charge >= 0.3 is 6.18 Å². The van der Waals surface area contributed by atoms with Crippen molar-refractivity contribution < 1.29 is 17.9 Å². The first kappa shape index (κ1) is 22.2. The van der Waals surface area contributed by atoms with Crippen molar-refractivity contribution in [3.8, 4) is 5.82 Å². The topological polar surface area (TPSA) is 68.1 Å². The van der Waals surface area contributed by atoms with Gasteiger partial charge < -0.3 is 10.1 Å². The van der Waals surface area contributed by atoms with E-state index in [0.717, 1.165) is 29.1 Å². The Kier molecular flexibility index (Phi) is 6.43. The Bertz CT molecular complexity index is 1040. The highest BCUT2D eigenvalue weighted by atomic mass is 19.4. The maximum Gasteiger partial charge on any atom is 0.416 e. The Hall–Kier alpha value is -2.98. The average molecular weight is 446 g/mol. The molecule has 0 saturated carbocycles. The van der Waals surface area contributed by atoms with E-state index in [9.17, 15) is 13.2 Å².